The fourth-order valence-electron chi connectivity index (χ4n) is 2.82. The number of halogens is 2. The third-order valence-corrected chi connectivity index (χ3v) is 4.84. The molecular formula is C19H18ClFN2O2. The zero-order valence-electron chi connectivity index (χ0n) is 14.1. The van der Waals surface area contributed by atoms with Gasteiger partial charge < -0.3 is 9.80 Å². The monoisotopic (exact) mass is 360 g/mol. The van der Waals surface area contributed by atoms with Gasteiger partial charge in [-0.1, -0.05) is 23.7 Å². The highest BCUT2D eigenvalue weighted by Gasteiger charge is 2.33. The van der Waals surface area contributed by atoms with Crippen LogP contribution in [0.3, 0.4) is 0 Å². The molecule has 2 aromatic rings. The van der Waals surface area contributed by atoms with Crippen LogP contribution in [0.5, 0.6) is 0 Å². The zero-order valence-corrected chi connectivity index (χ0v) is 14.8. The lowest BCUT2D eigenvalue weighted by Crippen LogP contribution is -2.54. The molecule has 0 aliphatic carbocycles. The summed E-state index contributed by atoms with van der Waals surface area (Å²) in [4.78, 5) is 27.9. The zero-order chi connectivity index (χ0) is 18.1. The van der Waals surface area contributed by atoms with Crippen LogP contribution < -0.4 is 4.90 Å². The van der Waals surface area contributed by atoms with Gasteiger partial charge in [0.25, 0.3) is 0 Å². The minimum absolute atomic E-state index is 0.185. The Labute approximate surface area is 150 Å². The van der Waals surface area contributed by atoms with Crippen molar-refractivity contribution in [2.45, 2.75) is 20.4 Å². The van der Waals surface area contributed by atoms with Crippen LogP contribution in [0, 0.1) is 19.7 Å². The summed E-state index contributed by atoms with van der Waals surface area (Å²) in [6, 6.07) is 9.72. The van der Waals surface area contributed by atoms with E-state index in [0.717, 1.165) is 16.8 Å². The molecule has 130 valence electrons. The van der Waals surface area contributed by atoms with Gasteiger partial charge in [-0.25, -0.2) is 4.39 Å². The molecule has 0 spiro atoms. The molecule has 0 N–H and O–H groups in total. The number of hydrogen-bond donors (Lipinski definition) is 0. The molecule has 0 atom stereocenters. The lowest BCUT2D eigenvalue weighted by Gasteiger charge is -2.34. The van der Waals surface area contributed by atoms with E-state index in [0.29, 0.717) is 18.7 Å². The molecule has 0 radical (unpaired) electrons. The number of carbonyl (C=O) groups excluding carboxylic acids is 2. The van der Waals surface area contributed by atoms with E-state index in [2.05, 4.69) is 0 Å². The Bertz CT molecular complexity index is 853. The first kappa shape index (κ1) is 17.4. The first-order valence-corrected chi connectivity index (χ1v) is 8.36. The normalized spacial score (nSPS) is 15.0. The fraction of sp³-hybridized carbons (Fsp3) is 0.263. The molecule has 0 unspecified atom stereocenters. The van der Waals surface area contributed by atoms with Crippen molar-refractivity contribution in [1.82, 2.24) is 4.90 Å². The molecule has 2 aromatic carbocycles. The van der Waals surface area contributed by atoms with E-state index in [9.17, 15) is 14.0 Å². The first-order chi connectivity index (χ1) is 11.9. The van der Waals surface area contributed by atoms with Crippen molar-refractivity contribution in [2.24, 2.45) is 0 Å². The summed E-state index contributed by atoms with van der Waals surface area (Å²) >= 11 is 6.02. The van der Waals surface area contributed by atoms with Gasteiger partial charge in [0.1, 0.15) is 5.82 Å². The van der Waals surface area contributed by atoms with Gasteiger partial charge in [0.2, 0.25) is 0 Å². The van der Waals surface area contributed by atoms with Crippen LogP contribution in [0.2, 0.25) is 5.02 Å². The van der Waals surface area contributed by atoms with Gasteiger partial charge in [0.15, 0.2) is 0 Å². The number of anilines is 1. The maximum Gasteiger partial charge on any atom is 0.316 e. The van der Waals surface area contributed by atoms with Crippen molar-refractivity contribution in [2.75, 3.05) is 18.0 Å². The second-order valence-electron chi connectivity index (χ2n) is 6.19. The Kier molecular flexibility index (Phi) is 4.77. The number of rotatable bonds is 3. The minimum Gasteiger partial charge on any atom is -0.328 e. The molecular weight excluding hydrogens is 343 g/mol. The number of piperazine rings is 1. The molecule has 1 heterocycles. The second-order valence-corrected chi connectivity index (χ2v) is 6.59. The number of carbonyl (C=O) groups is 2. The van der Waals surface area contributed by atoms with Crippen LogP contribution in [0.15, 0.2) is 36.4 Å². The van der Waals surface area contributed by atoms with E-state index in [1.165, 1.54) is 28.0 Å². The molecule has 1 fully saturated rings. The maximum atomic E-state index is 13.1. The number of aryl methyl sites for hydroxylation is 2. The van der Waals surface area contributed by atoms with Gasteiger partial charge in [-0.05, 0) is 54.8 Å². The third-order valence-electron chi connectivity index (χ3n) is 4.49. The number of nitrogens with zero attached hydrogens (tertiary/aromatic N) is 2. The van der Waals surface area contributed by atoms with E-state index >= 15 is 0 Å². The van der Waals surface area contributed by atoms with E-state index < -0.39 is 17.6 Å². The lowest BCUT2D eigenvalue weighted by atomic mass is 10.1. The first-order valence-electron chi connectivity index (χ1n) is 7.99. The molecule has 4 nitrogen and oxygen atoms in total. The summed E-state index contributed by atoms with van der Waals surface area (Å²) in [5, 5.41) is 0.247. The quantitative estimate of drug-likeness (QED) is 0.786. The Morgan fingerprint density at radius 3 is 2.44 bits per heavy atom. The predicted octanol–water partition coefficient (Wildman–Crippen LogP) is 3.47. The van der Waals surface area contributed by atoms with Crippen molar-refractivity contribution >= 4 is 29.1 Å². The molecule has 25 heavy (non-hydrogen) atoms. The lowest BCUT2D eigenvalue weighted by molar-refractivity contribution is -0.146. The average molecular weight is 361 g/mol. The summed E-state index contributed by atoms with van der Waals surface area (Å²) in [6.45, 7) is 4.95. The Morgan fingerprint density at radius 2 is 1.76 bits per heavy atom. The predicted molar refractivity (Wildman–Crippen MR) is 95.1 cm³/mol. The van der Waals surface area contributed by atoms with Crippen molar-refractivity contribution < 1.29 is 14.0 Å². The van der Waals surface area contributed by atoms with Gasteiger partial charge >= 0.3 is 11.8 Å². The second kappa shape index (κ2) is 6.84. The van der Waals surface area contributed by atoms with E-state index in [4.69, 9.17) is 11.6 Å². The van der Waals surface area contributed by atoms with E-state index in [1.807, 2.05) is 32.0 Å². The summed E-state index contributed by atoms with van der Waals surface area (Å²) in [5.74, 6) is -1.58. The molecule has 0 bridgehead atoms. The SMILES string of the molecule is Cc1ccc(N2CCN(Cc3ccc(F)cc3Cl)C(=O)C2=O)cc1C. The summed E-state index contributed by atoms with van der Waals surface area (Å²) < 4.78 is 13.1. The molecule has 0 saturated carbocycles. The Morgan fingerprint density at radius 1 is 1.00 bits per heavy atom. The smallest absolute Gasteiger partial charge is 0.316 e. The highest BCUT2D eigenvalue weighted by Crippen LogP contribution is 2.24. The number of amides is 2. The van der Waals surface area contributed by atoms with Crippen LogP contribution in [0.4, 0.5) is 10.1 Å². The van der Waals surface area contributed by atoms with Gasteiger partial charge in [-0.15, -0.1) is 0 Å². The van der Waals surface area contributed by atoms with Crippen molar-refractivity contribution in [1.29, 1.82) is 0 Å². The Balaban J connectivity index is 1.77. The maximum absolute atomic E-state index is 13.1. The van der Waals surface area contributed by atoms with Crippen LogP contribution in [0.25, 0.3) is 0 Å². The van der Waals surface area contributed by atoms with Crippen molar-refractivity contribution in [3.63, 3.8) is 0 Å². The molecule has 3 rings (SSSR count). The summed E-state index contributed by atoms with van der Waals surface area (Å²) in [6.07, 6.45) is 0. The average Bonchev–Trinajstić information content (AvgIpc) is 2.57. The molecule has 1 saturated heterocycles. The van der Waals surface area contributed by atoms with Crippen LogP contribution in [-0.2, 0) is 16.1 Å². The largest absolute Gasteiger partial charge is 0.328 e. The topological polar surface area (TPSA) is 40.6 Å². The van der Waals surface area contributed by atoms with Gasteiger partial charge in [-0.2, -0.15) is 0 Å². The minimum atomic E-state index is -0.579. The standard InChI is InChI=1S/C19H18ClFN2O2/c1-12-3-6-16(9-13(12)2)23-8-7-22(18(24)19(23)25)11-14-4-5-15(21)10-17(14)20/h3-6,9-10H,7-8,11H2,1-2H3. The number of benzene rings is 2. The Hall–Kier alpha value is -2.40. The van der Waals surface area contributed by atoms with Crippen LogP contribution in [0.1, 0.15) is 16.7 Å². The molecule has 2 amide bonds. The van der Waals surface area contributed by atoms with Crippen LogP contribution in [-0.4, -0.2) is 29.8 Å². The molecule has 1 aliphatic heterocycles. The fourth-order valence-corrected chi connectivity index (χ4v) is 3.05. The number of hydrogen-bond acceptors (Lipinski definition) is 2. The summed E-state index contributed by atoms with van der Waals surface area (Å²) in [5.41, 5.74) is 3.54. The molecule has 6 heteroatoms. The highest BCUT2D eigenvalue weighted by molar-refractivity contribution is 6.41. The van der Waals surface area contributed by atoms with Gasteiger partial charge in [-0.3, -0.25) is 9.59 Å². The van der Waals surface area contributed by atoms with E-state index in [1.54, 1.807) is 0 Å². The van der Waals surface area contributed by atoms with Crippen molar-refractivity contribution in [3.8, 4) is 0 Å². The highest BCUT2D eigenvalue weighted by atomic mass is 35.5. The van der Waals surface area contributed by atoms with Crippen molar-refractivity contribution in [3.05, 3.63) is 63.9 Å². The van der Waals surface area contributed by atoms with Gasteiger partial charge in [0, 0.05) is 30.3 Å². The molecule has 0 aromatic heterocycles. The molecule has 1 aliphatic rings. The third kappa shape index (κ3) is 3.51. The van der Waals surface area contributed by atoms with Crippen LogP contribution >= 0.6 is 11.6 Å². The van der Waals surface area contributed by atoms with Gasteiger partial charge in [0.05, 0.1) is 0 Å². The summed E-state index contributed by atoms with van der Waals surface area (Å²) in [7, 11) is 0. The van der Waals surface area contributed by atoms with E-state index in [-0.39, 0.29) is 11.6 Å².